The number of imidazole rings is 1. The van der Waals surface area contributed by atoms with Crippen molar-refractivity contribution < 1.29 is 0 Å². The first-order chi connectivity index (χ1) is 9.69. The minimum Gasteiger partial charge on any atom is -0.326 e. The van der Waals surface area contributed by atoms with E-state index in [2.05, 4.69) is 32.9 Å². The second-order valence-corrected chi connectivity index (χ2v) is 6.19. The summed E-state index contributed by atoms with van der Waals surface area (Å²) in [6, 6.07) is 6.20. The molecule has 0 aliphatic rings. The maximum atomic E-state index is 6.04. The Kier molecular flexibility index (Phi) is 3.76. The predicted molar refractivity (Wildman–Crippen MR) is 84.6 cm³/mol. The van der Waals surface area contributed by atoms with Gasteiger partial charge in [-0.15, -0.1) is 22.9 Å². The van der Waals surface area contributed by atoms with Crippen molar-refractivity contribution in [3.8, 4) is 0 Å². The summed E-state index contributed by atoms with van der Waals surface area (Å²) in [7, 11) is 0. The maximum Gasteiger partial charge on any atom is 0.124 e. The number of aromatic nitrogens is 3. The van der Waals surface area contributed by atoms with Crippen LogP contribution in [0.4, 0.5) is 0 Å². The molecule has 0 saturated heterocycles. The lowest BCUT2D eigenvalue weighted by atomic mass is 10.2. The number of alkyl halides is 1. The van der Waals surface area contributed by atoms with E-state index in [0.717, 1.165) is 35.0 Å². The van der Waals surface area contributed by atoms with Crippen molar-refractivity contribution in [2.45, 2.75) is 32.7 Å². The second kappa shape index (κ2) is 5.54. The highest BCUT2D eigenvalue weighted by atomic mass is 35.5. The monoisotopic (exact) mass is 305 g/mol. The summed E-state index contributed by atoms with van der Waals surface area (Å²) in [6.45, 7) is 5.02. The molecule has 0 aliphatic heterocycles. The smallest absolute Gasteiger partial charge is 0.124 e. The fraction of sp³-hybridized carbons (Fsp3) is 0.333. The van der Waals surface area contributed by atoms with Gasteiger partial charge in [0.1, 0.15) is 5.82 Å². The lowest BCUT2D eigenvalue weighted by molar-refractivity contribution is 0.678. The Labute approximate surface area is 127 Å². The fourth-order valence-electron chi connectivity index (χ4n) is 2.51. The van der Waals surface area contributed by atoms with E-state index in [1.54, 1.807) is 11.3 Å². The number of thiazole rings is 1. The predicted octanol–water partition coefficient (Wildman–Crippen LogP) is 4.09. The van der Waals surface area contributed by atoms with Crippen LogP contribution in [0.2, 0.25) is 0 Å². The molecule has 3 aromatic rings. The summed E-state index contributed by atoms with van der Waals surface area (Å²) < 4.78 is 2.23. The van der Waals surface area contributed by atoms with E-state index in [4.69, 9.17) is 11.6 Å². The summed E-state index contributed by atoms with van der Waals surface area (Å²) in [5, 5.41) is 3.24. The number of halogens is 1. The zero-order valence-corrected chi connectivity index (χ0v) is 13.1. The molecule has 0 amide bonds. The Morgan fingerprint density at radius 3 is 2.80 bits per heavy atom. The zero-order chi connectivity index (χ0) is 14.1. The standard InChI is InChI=1S/C15H16ClN3S/c1-10-4-3-5-13-15(10)19(14(8-16)18-13)7-6-12-9-20-11(2)17-12/h3-5,9H,6-8H2,1-2H3. The van der Waals surface area contributed by atoms with Gasteiger partial charge < -0.3 is 4.57 Å². The Morgan fingerprint density at radius 1 is 1.25 bits per heavy atom. The van der Waals surface area contributed by atoms with E-state index in [-0.39, 0.29) is 0 Å². The lowest BCUT2D eigenvalue weighted by Crippen LogP contribution is -2.06. The van der Waals surface area contributed by atoms with Gasteiger partial charge in [0.25, 0.3) is 0 Å². The van der Waals surface area contributed by atoms with Crippen LogP contribution < -0.4 is 0 Å². The largest absolute Gasteiger partial charge is 0.326 e. The highest BCUT2D eigenvalue weighted by molar-refractivity contribution is 7.09. The molecule has 0 fully saturated rings. The van der Waals surface area contributed by atoms with Crippen LogP contribution in [0.3, 0.4) is 0 Å². The summed E-state index contributed by atoms with van der Waals surface area (Å²) in [4.78, 5) is 9.14. The Hall–Kier alpha value is -1.39. The highest BCUT2D eigenvalue weighted by Gasteiger charge is 2.12. The molecule has 0 bridgehead atoms. The average molecular weight is 306 g/mol. The molecule has 5 heteroatoms. The number of hydrogen-bond acceptors (Lipinski definition) is 3. The van der Waals surface area contributed by atoms with E-state index in [1.165, 1.54) is 11.1 Å². The number of rotatable bonds is 4. The lowest BCUT2D eigenvalue weighted by Gasteiger charge is -2.08. The average Bonchev–Trinajstić information content (AvgIpc) is 3.00. The molecule has 3 nitrogen and oxygen atoms in total. The fourth-order valence-corrected chi connectivity index (χ4v) is 3.36. The molecule has 1 aromatic carbocycles. The van der Waals surface area contributed by atoms with Crippen molar-refractivity contribution in [3.05, 3.63) is 45.7 Å². The van der Waals surface area contributed by atoms with Crippen LogP contribution in [-0.4, -0.2) is 14.5 Å². The van der Waals surface area contributed by atoms with Gasteiger partial charge in [-0.05, 0) is 25.5 Å². The third-order valence-corrected chi connectivity index (χ3v) is 4.49. The van der Waals surface area contributed by atoms with E-state index in [1.807, 2.05) is 19.1 Å². The normalized spacial score (nSPS) is 11.3. The van der Waals surface area contributed by atoms with E-state index < -0.39 is 0 Å². The van der Waals surface area contributed by atoms with E-state index in [9.17, 15) is 0 Å². The SMILES string of the molecule is Cc1nc(CCn2c(CCl)nc3cccc(C)c32)cs1. The first-order valence-electron chi connectivity index (χ1n) is 6.60. The molecule has 0 saturated carbocycles. The molecule has 2 aromatic heterocycles. The quantitative estimate of drug-likeness (QED) is 0.680. The van der Waals surface area contributed by atoms with Crippen LogP contribution in [0.5, 0.6) is 0 Å². The zero-order valence-electron chi connectivity index (χ0n) is 11.6. The summed E-state index contributed by atoms with van der Waals surface area (Å²) in [6.07, 6.45) is 0.911. The van der Waals surface area contributed by atoms with Gasteiger partial charge in [-0.25, -0.2) is 9.97 Å². The molecule has 0 aliphatic carbocycles. The Balaban J connectivity index is 1.97. The van der Waals surface area contributed by atoms with Crippen LogP contribution in [0.1, 0.15) is 22.1 Å². The molecule has 0 spiro atoms. The van der Waals surface area contributed by atoms with Crippen LogP contribution in [-0.2, 0) is 18.8 Å². The number of hydrogen-bond donors (Lipinski definition) is 0. The topological polar surface area (TPSA) is 30.7 Å². The highest BCUT2D eigenvalue weighted by Crippen LogP contribution is 2.22. The molecule has 2 heterocycles. The third-order valence-electron chi connectivity index (χ3n) is 3.43. The van der Waals surface area contributed by atoms with Crippen molar-refractivity contribution in [3.63, 3.8) is 0 Å². The van der Waals surface area contributed by atoms with Gasteiger partial charge >= 0.3 is 0 Å². The van der Waals surface area contributed by atoms with E-state index in [0.29, 0.717) is 5.88 Å². The Morgan fingerprint density at radius 2 is 2.10 bits per heavy atom. The van der Waals surface area contributed by atoms with Crippen molar-refractivity contribution in [1.29, 1.82) is 0 Å². The minimum absolute atomic E-state index is 0.435. The van der Waals surface area contributed by atoms with Gasteiger partial charge in [0.05, 0.1) is 27.6 Å². The number of benzene rings is 1. The van der Waals surface area contributed by atoms with E-state index >= 15 is 0 Å². The molecular formula is C15H16ClN3S. The van der Waals surface area contributed by atoms with Crippen LogP contribution in [0.25, 0.3) is 11.0 Å². The van der Waals surface area contributed by atoms with Gasteiger partial charge in [-0.3, -0.25) is 0 Å². The summed E-state index contributed by atoms with van der Waals surface area (Å²) in [5.74, 6) is 1.37. The minimum atomic E-state index is 0.435. The second-order valence-electron chi connectivity index (χ2n) is 4.86. The number of fused-ring (bicyclic) bond motifs is 1. The third kappa shape index (κ3) is 2.45. The van der Waals surface area contributed by atoms with Crippen molar-refractivity contribution in [1.82, 2.24) is 14.5 Å². The summed E-state index contributed by atoms with van der Waals surface area (Å²) in [5.41, 5.74) is 4.59. The molecule has 3 rings (SSSR count). The molecule has 0 N–H and O–H groups in total. The number of para-hydroxylation sites is 1. The van der Waals surface area contributed by atoms with Gasteiger partial charge in [-0.2, -0.15) is 0 Å². The maximum absolute atomic E-state index is 6.04. The first kappa shape index (κ1) is 13.6. The van der Waals surface area contributed by atoms with Crippen molar-refractivity contribution in [2.24, 2.45) is 0 Å². The first-order valence-corrected chi connectivity index (χ1v) is 8.02. The Bertz CT molecular complexity index is 745. The van der Waals surface area contributed by atoms with Gasteiger partial charge in [0.2, 0.25) is 0 Å². The van der Waals surface area contributed by atoms with Crippen LogP contribution >= 0.6 is 22.9 Å². The number of nitrogens with zero attached hydrogens (tertiary/aromatic N) is 3. The molecular weight excluding hydrogens is 290 g/mol. The van der Waals surface area contributed by atoms with Gasteiger partial charge in [-0.1, -0.05) is 12.1 Å². The van der Waals surface area contributed by atoms with Crippen molar-refractivity contribution in [2.75, 3.05) is 0 Å². The molecule has 20 heavy (non-hydrogen) atoms. The summed E-state index contributed by atoms with van der Waals surface area (Å²) >= 11 is 7.74. The molecule has 0 unspecified atom stereocenters. The molecule has 0 radical (unpaired) electrons. The molecule has 104 valence electrons. The molecule has 0 atom stereocenters. The van der Waals surface area contributed by atoms with Gasteiger partial charge in [0.15, 0.2) is 0 Å². The van der Waals surface area contributed by atoms with Crippen molar-refractivity contribution >= 4 is 34.0 Å². The van der Waals surface area contributed by atoms with Gasteiger partial charge in [0, 0.05) is 18.3 Å². The number of aryl methyl sites for hydroxylation is 4. The van der Waals surface area contributed by atoms with Crippen LogP contribution in [0.15, 0.2) is 23.6 Å². The van der Waals surface area contributed by atoms with Crippen LogP contribution in [0, 0.1) is 13.8 Å².